The summed E-state index contributed by atoms with van der Waals surface area (Å²) in [7, 11) is 0. The van der Waals surface area contributed by atoms with Gasteiger partial charge in [-0.15, -0.1) is 13.2 Å². The van der Waals surface area contributed by atoms with E-state index in [9.17, 15) is 13.2 Å². The Balaban J connectivity index is 2.02. The Morgan fingerprint density at radius 1 is 1.22 bits per heavy atom. The minimum absolute atomic E-state index is 0.282. The van der Waals surface area contributed by atoms with Gasteiger partial charge < -0.3 is 9.64 Å². The summed E-state index contributed by atoms with van der Waals surface area (Å²) in [5, 5.41) is 0. The molecule has 0 bridgehead atoms. The van der Waals surface area contributed by atoms with Crippen LogP contribution in [-0.2, 0) is 0 Å². The SMILES string of the molecule is FC(F)(F)Oc1ccc(N2CCCSCC2)nc1. The summed E-state index contributed by atoms with van der Waals surface area (Å²) in [6.45, 7) is 1.76. The normalized spacial score (nSPS) is 17.4. The average Bonchev–Trinajstić information content (AvgIpc) is 2.56. The Bertz CT molecular complexity index is 375. The molecule has 7 heteroatoms. The number of hydrogen-bond acceptors (Lipinski definition) is 4. The number of ether oxygens (including phenoxy) is 1. The largest absolute Gasteiger partial charge is 0.573 e. The lowest BCUT2D eigenvalue weighted by molar-refractivity contribution is -0.274. The maximum absolute atomic E-state index is 12.0. The van der Waals surface area contributed by atoms with Crippen LogP contribution in [0.5, 0.6) is 5.75 Å². The lowest BCUT2D eigenvalue weighted by atomic mass is 10.3. The second-order valence-electron chi connectivity index (χ2n) is 3.85. The molecule has 1 aromatic rings. The van der Waals surface area contributed by atoms with Gasteiger partial charge >= 0.3 is 6.36 Å². The monoisotopic (exact) mass is 278 g/mol. The smallest absolute Gasteiger partial charge is 0.404 e. The Labute approximate surface area is 107 Å². The van der Waals surface area contributed by atoms with Gasteiger partial charge in [0.15, 0.2) is 0 Å². The van der Waals surface area contributed by atoms with E-state index in [0.717, 1.165) is 37.2 Å². The van der Waals surface area contributed by atoms with Crippen molar-refractivity contribution in [3.05, 3.63) is 18.3 Å². The number of pyridine rings is 1. The van der Waals surface area contributed by atoms with Crippen LogP contribution in [0.2, 0.25) is 0 Å². The van der Waals surface area contributed by atoms with Crippen LogP contribution < -0.4 is 9.64 Å². The molecule has 1 aliphatic rings. The minimum Gasteiger partial charge on any atom is -0.404 e. The van der Waals surface area contributed by atoms with E-state index in [0.29, 0.717) is 5.82 Å². The van der Waals surface area contributed by atoms with E-state index in [2.05, 4.69) is 14.6 Å². The quantitative estimate of drug-likeness (QED) is 0.830. The minimum atomic E-state index is -4.66. The Kier molecular flexibility index (Phi) is 4.21. The van der Waals surface area contributed by atoms with Crippen LogP contribution in [0, 0.1) is 0 Å². The number of thioether (sulfide) groups is 1. The molecule has 1 aliphatic heterocycles. The van der Waals surface area contributed by atoms with Crippen LogP contribution in [-0.4, -0.2) is 35.9 Å². The van der Waals surface area contributed by atoms with Crippen LogP contribution in [0.15, 0.2) is 18.3 Å². The van der Waals surface area contributed by atoms with Gasteiger partial charge in [-0.2, -0.15) is 11.8 Å². The average molecular weight is 278 g/mol. The summed E-state index contributed by atoms with van der Waals surface area (Å²) in [6, 6.07) is 2.87. The molecule has 1 saturated heterocycles. The van der Waals surface area contributed by atoms with Gasteiger partial charge in [0.2, 0.25) is 0 Å². The van der Waals surface area contributed by atoms with Crippen LogP contribution in [0.4, 0.5) is 19.0 Å². The highest BCUT2D eigenvalue weighted by molar-refractivity contribution is 7.99. The summed E-state index contributed by atoms with van der Waals surface area (Å²) >= 11 is 1.88. The Morgan fingerprint density at radius 3 is 2.72 bits per heavy atom. The molecule has 0 unspecified atom stereocenters. The lowest BCUT2D eigenvalue weighted by Gasteiger charge is -2.21. The lowest BCUT2D eigenvalue weighted by Crippen LogP contribution is -2.26. The fraction of sp³-hybridized carbons (Fsp3) is 0.545. The highest BCUT2D eigenvalue weighted by Gasteiger charge is 2.31. The van der Waals surface area contributed by atoms with Crippen molar-refractivity contribution >= 4 is 17.6 Å². The molecular weight excluding hydrogens is 265 g/mol. The first kappa shape index (κ1) is 13.3. The number of rotatable bonds is 2. The highest BCUT2D eigenvalue weighted by atomic mass is 32.2. The van der Waals surface area contributed by atoms with Crippen molar-refractivity contribution in [2.75, 3.05) is 29.5 Å². The van der Waals surface area contributed by atoms with Gasteiger partial charge in [-0.3, -0.25) is 0 Å². The molecule has 0 spiro atoms. The Morgan fingerprint density at radius 2 is 2.06 bits per heavy atom. The first-order valence-electron chi connectivity index (χ1n) is 5.59. The van der Waals surface area contributed by atoms with E-state index in [-0.39, 0.29) is 5.75 Å². The van der Waals surface area contributed by atoms with Crippen molar-refractivity contribution in [2.24, 2.45) is 0 Å². The molecule has 2 rings (SSSR count). The second kappa shape index (κ2) is 5.69. The van der Waals surface area contributed by atoms with Crippen molar-refractivity contribution in [1.82, 2.24) is 4.98 Å². The fourth-order valence-corrected chi connectivity index (χ4v) is 2.62. The number of aromatic nitrogens is 1. The maximum Gasteiger partial charge on any atom is 0.573 e. The van der Waals surface area contributed by atoms with Crippen LogP contribution in [0.3, 0.4) is 0 Å². The van der Waals surface area contributed by atoms with Crippen molar-refractivity contribution in [3.8, 4) is 5.75 Å². The van der Waals surface area contributed by atoms with E-state index < -0.39 is 6.36 Å². The molecule has 18 heavy (non-hydrogen) atoms. The summed E-state index contributed by atoms with van der Waals surface area (Å²) in [4.78, 5) is 6.10. The molecule has 0 atom stereocenters. The van der Waals surface area contributed by atoms with Gasteiger partial charge in [-0.1, -0.05) is 0 Å². The fourth-order valence-electron chi connectivity index (χ4n) is 1.73. The first-order valence-corrected chi connectivity index (χ1v) is 6.74. The third kappa shape index (κ3) is 3.97. The molecule has 0 aliphatic carbocycles. The number of nitrogens with zero attached hydrogens (tertiary/aromatic N) is 2. The van der Waals surface area contributed by atoms with Gasteiger partial charge in [0.1, 0.15) is 11.6 Å². The highest BCUT2D eigenvalue weighted by Crippen LogP contribution is 2.24. The zero-order valence-electron chi connectivity index (χ0n) is 9.61. The predicted molar refractivity (Wildman–Crippen MR) is 65.1 cm³/mol. The predicted octanol–water partition coefficient (Wildman–Crippen LogP) is 2.92. The molecule has 3 nitrogen and oxygen atoms in total. The molecule has 0 saturated carbocycles. The summed E-state index contributed by atoms with van der Waals surface area (Å²) in [5.41, 5.74) is 0. The number of anilines is 1. The molecule has 100 valence electrons. The van der Waals surface area contributed by atoms with Gasteiger partial charge in [0.25, 0.3) is 0 Å². The van der Waals surface area contributed by atoms with Crippen molar-refractivity contribution in [1.29, 1.82) is 0 Å². The van der Waals surface area contributed by atoms with Gasteiger partial charge in [0, 0.05) is 18.8 Å². The second-order valence-corrected chi connectivity index (χ2v) is 5.08. The third-order valence-corrected chi connectivity index (χ3v) is 3.55. The molecule has 0 aromatic carbocycles. The first-order chi connectivity index (χ1) is 8.54. The number of hydrogen-bond donors (Lipinski definition) is 0. The van der Waals surface area contributed by atoms with Gasteiger partial charge in [-0.05, 0) is 24.3 Å². The van der Waals surface area contributed by atoms with E-state index in [1.807, 2.05) is 11.8 Å². The Hall–Kier alpha value is -1.11. The van der Waals surface area contributed by atoms with Crippen LogP contribution in [0.1, 0.15) is 6.42 Å². The van der Waals surface area contributed by atoms with Crippen molar-refractivity contribution in [3.63, 3.8) is 0 Å². The molecule has 0 radical (unpaired) electrons. The van der Waals surface area contributed by atoms with Gasteiger partial charge in [0.05, 0.1) is 6.20 Å². The number of halogens is 3. The van der Waals surface area contributed by atoms with E-state index in [1.165, 1.54) is 6.07 Å². The molecule has 1 fully saturated rings. The molecule has 2 heterocycles. The third-order valence-electron chi connectivity index (χ3n) is 2.50. The van der Waals surface area contributed by atoms with Crippen LogP contribution in [0.25, 0.3) is 0 Å². The van der Waals surface area contributed by atoms with Crippen molar-refractivity contribution < 1.29 is 17.9 Å². The number of alkyl halides is 3. The molecular formula is C11H13F3N2OS. The summed E-state index contributed by atoms with van der Waals surface area (Å²) in [5.74, 6) is 2.55. The van der Waals surface area contributed by atoms with Gasteiger partial charge in [-0.25, -0.2) is 4.98 Å². The topological polar surface area (TPSA) is 25.4 Å². The molecule has 1 aromatic heterocycles. The van der Waals surface area contributed by atoms with E-state index in [1.54, 1.807) is 6.07 Å². The summed E-state index contributed by atoms with van der Waals surface area (Å²) < 4.78 is 39.7. The molecule has 0 N–H and O–H groups in total. The molecule has 0 amide bonds. The standard InChI is InChI=1S/C11H13F3N2OS/c12-11(13,14)17-9-2-3-10(15-8-9)16-4-1-6-18-7-5-16/h2-3,8H,1,4-7H2. The van der Waals surface area contributed by atoms with E-state index in [4.69, 9.17) is 0 Å². The van der Waals surface area contributed by atoms with E-state index >= 15 is 0 Å². The maximum atomic E-state index is 12.0. The zero-order chi connectivity index (χ0) is 13.0. The summed E-state index contributed by atoms with van der Waals surface area (Å²) in [6.07, 6.45) is -2.49. The van der Waals surface area contributed by atoms with Crippen molar-refractivity contribution in [2.45, 2.75) is 12.8 Å². The van der Waals surface area contributed by atoms with Crippen LogP contribution >= 0.6 is 11.8 Å². The zero-order valence-corrected chi connectivity index (χ0v) is 10.4.